The van der Waals surface area contributed by atoms with E-state index < -0.39 is 19.2 Å². The molecule has 0 aromatic rings. The molecule has 1 atom stereocenters. The van der Waals surface area contributed by atoms with Crippen molar-refractivity contribution >= 4 is 19.2 Å². The average molecular weight is 352 g/mol. The van der Waals surface area contributed by atoms with Gasteiger partial charge in [-0.05, 0) is 0 Å². The summed E-state index contributed by atoms with van der Waals surface area (Å²) in [5, 5.41) is 0. The summed E-state index contributed by atoms with van der Waals surface area (Å²) in [7, 11) is 0. The Morgan fingerprint density at radius 2 is 1.59 bits per heavy atom. The number of hydrogen-bond acceptors (Lipinski definition) is 3. The van der Waals surface area contributed by atoms with Crippen LogP contribution in [-0.4, -0.2) is 38.5 Å². The van der Waals surface area contributed by atoms with E-state index in [-0.39, 0.29) is 0 Å². The normalized spacial score (nSPS) is 13.9. The van der Waals surface area contributed by atoms with Crippen LogP contribution in [0.3, 0.4) is 0 Å². The van der Waals surface area contributed by atoms with E-state index in [2.05, 4.69) is 27.7 Å². The molecule has 1 unspecified atom stereocenters. The molecule has 0 amide bonds. The third kappa shape index (κ3) is 8.40. The summed E-state index contributed by atoms with van der Waals surface area (Å²) in [5.41, 5.74) is 5.81. The standard InChI is InChI=1S/C5H12N.2C3H7O.C2H5.Sn/c1-3-4-5(2)6;2*1-2-3-4;1-2;/h5H,1,3-4,6H2,2H3;2*2-3H2,1H3;1H2,2H3;/q;2*-1;;+2. The summed E-state index contributed by atoms with van der Waals surface area (Å²) in [4.78, 5) is 0. The van der Waals surface area contributed by atoms with Gasteiger partial charge < -0.3 is 0 Å². The summed E-state index contributed by atoms with van der Waals surface area (Å²) in [6, 6.07) is 0.299. The van der Waals surface area contributed by atoms with Crippen LogP contribution in [0.1, 0.15) is 53.4 Å². The Morgan fingerprint density at radius 3 is 1.94 bits per heavy atom. The molecule has 0 radical (unpaired) electrons. The molecule has 0 saturated heterocycles. The van der Waals surface area contributed by atoms with E-state index >= 15 is 0 Å². The maximum atomic E-state index is 6.16. The van der Waals surface area contributed by atoms with Crippen LogP contribution < -0.4 is 5.73 Å². The fraction of sp³-hybridized carbons (Fsp3) is 1.00. The van der Waals surface area contributed by atoms with Crippen molar-refractivity contribution < 1.29 is 6.15 Å². The molecular weight excluding hydrogens is 321 g/mol. The topological polar surface area (TPSA) is 44.5 Å². The van der Waals surface area contributed by atoms with Gasteiger partial charge in [-0.2, -0.15) is 0 Å². The minimum atomic E-state index is -2.73. The molecule has 0 bridgehead atoms. The molecule has 0 aliphatic rings. The van der Waals surface area contributed by atoms with Gasteiger partial charge in [0.15, 0.2) is 0 Å². The van der Waals surface area contributed by atoms with Crippen molar-refractivity contribution in [2.24, 2.45) is 5.73 Å². The summed E-state index contributed by atoms with van der Waals surface area (Å²) < 4.78 is 14.6. The van der Waals surface area contributed by atoms with E-state index in [0.29, 0.717) is 6.04 Å². The Hall–Kier alpha value is 0.679. The van der Waals surface area contributed by atoms with Crippen LogP contribution in [0.2, 0.25) is 8.87 Å². The van der Waals surface area contributed by atoms with Gasteiger partial charge in [0.05, 0.1) is 0 Å². The van der Waals surface area contributed by atoms with Gasteiger partial charge in [-0.3, -0.25) is 0 Å². The van der Waals surface area contributed by atoms with Gasteiger partial charge in [-0.1, -0.05) is 0 Å². The van der Waals surface area contributed by atoms with Gasteiger partial charge in [0.2, 0.25) is 0 Å². The SMILES string of the molecule is CCC[O][Sn]([CH2]C)([CH2]CCC(C)N)[O]CCC. The molecule has 2 N–H and O–H groups in total. The van der Waals surface area contributed by atoms with Crippen LogP contribution in [0.15, 0.2) is 0 Å². The Labute approximate surface area is 112 Å². The zero-order valence-electron chi connectivity index (χ0n) is 12.1. The predicted octanol–water partition coefficient (Wildman–Crippen LogP) is 3.43. The van der Waals surface area contributed by atoms with Gasteiger partial charge in [0.1, 0.15) is 0 Å². The van der Waals surface area contributed by atoms with Gasteiger partial charge in [0.25, 0.3) is 0 Å². The van der Waals surface area contributed by atoms with Crippen LogP contribution >= 0.6 is 0 Å². The number of hydrogen-bond donors (Lipinski definition) is 1. The first kappa shape index (κ1) is 17.7. The molecule has 0 aliphatic carbocycles. The molecule has 0 spiro atoms. The van der Waals surface area contributed by atoms with E-state index in [0.717, 1.165) is 47.8 Å². The molecule has 0 rings (SSSR count). The van der Waals surface area contributed by atoms with Crippen LogP contribution in [0.4, 0.5) is 0 Å². The molecule has 0 aliphatic heterocycles. The average Bonchev–Trinajstić information content (AvgIpc) is 2.32. The van der Waals surface area contributed by atoms with Crippen molar-refractivity contribution in [3.05, 3.63) is 0 Å². The van der Waals surface area contributed by atoms with Crippen molar-refractivity contribution in [3.63, 3.8) is 0 Å². The van der Waals surface area contributed by atoms with Crippen LogP contribution in [0, 0.1) is 0 Å². The van der Waals surface area contributed by atoms with Crippen molar-refractivity contribution in [3.8, 4) is 0 Å². The van der Waals surface area contributed by atoms with Gasteiger partial charge in [0, 0.05) is 0 Å². The van der Waals surface area contributed by atoms with E-state index in [4.69, 9.17) is 11.9 Å². The first-order valence-corrected chi connectivity index (χ1v) is 13.5. The van der Waals surface area contributed by atoms with Gasteiger partial charge in [-0.25, -0.2) is 0 Å². The van der Waals surface area contributed by atoms with E-state index in [1.807, 2.05) is 0 Å². The molecule has 0 aromatic carbocycles. The van der Waals surface area contributed by atoms with E-state index in [1.54, 1.807) is 0 Å². The van der Waals surface area contributed by atoms with Crippen molar-refractivity contribution in [2.45, 2.75) is 68.3 Å². The van der Waals surface area contributed by atoms with Gasteiger partial charge >= 0.3 is 113 Å². The van der Waals surface area contributed by atoms with Gasteiger partial charge in [-0.15, -0.1) is 0 Å². The Bertz CT molecular complexity index is 169. The van der Waals surface area contributed by atoms with Crippen molar-refractivity contribution in [1.82, 2.24) is 0 Å². The third-order valence-electron chi connectivity index (χ3n) is 2.89. The van der Waals surface area contributed by atoms with Crippen molar-refractivity contribution in [1.29, 1.82) is 0 Å². The molecular formula is C13H31NO2Sn. The summed E-state index contributed by atoms with van der Waals surface area (Å²) in [6.45, 7) is 10.4. The second-order valence-electron chi connectivity index (χ2n) is 4.83. The Morgan fingerprint density at radius 1 is 1.06 bits per heavy atom. The summed E-state index contributed by atoms with van der Waals surface area (Å²) in [6.07, 6.45) is 4.42. The fourth-order valence-corrected chi connectivity index (χ4v) is 10.5. The second kappa shape index (κ2) is 10.6. The molecule has 104 valence electrons. The minimum absolute atomic E-state index is 0.299. The first-order valence-electron chi connectivity index (χ1n) is 7.13. The molecule has 0 heterocycles. The molecule has 0 saturated carbocycles. The molecule has 0 aromatic heterocycles. The predicted molar refractivity (Wildman–Crippen MR) is 76.4 cm³/mol. The van der Waals surface area contributed by atoms with Crippen LogP contribution in [-0.2, 0) is 6.15 Å². The molecule has 4 heteroatoms. The fourth-order valence-electron chi connectivity index (χ4n) is 1.84. The zero-order chi connectivity index (χ0) is 13.1. The number of rotatable bonds is 11. The quantitative estimate of drug-likeness (QED) is 0.580. The molecule has 17 heavy (non-hydrogen) atoms. The third-order valence-corrected chi connectivity index (χ3v) is 13.3. The van der Waals surface area contributed by atoms with Crippen LogP contribution in [0.25, 0.3) is 0 Å². The van der Waals surface area contributed by atoms with E-state index in [9.17, 15) is 0 Å². The second-order valence-corrected chi connectivity index (χ2v) is 15.1. The zero-order valence-corrected chi connectivity index (χ0v) is 15.0. The van der Waals surface area contributed by atoms with Crippen LogP contribution in [0.5, 0.6) is 0 Å². The first-order chi connectivity index (χ1) is 8.10. The van der Waals surface area contributed by atoms with E-state index in [1.165, 1.54) is 0 Å². The Balaban J connectivity index is 4.22. The summed E-state index contributed by atoms with van der Waals surface area (Å²) >= 11 is -2.73. The molecule has 3 nitrogen and oxygen atoms in total. The summed E-state index contributed by atoms with van der Waals surface area (Å²) in [5.74, 6) is 0. The Kier molecular flexibility index (Phi) is 11.0. The van der Waals surface area contributed by atoms with Crippen molar-refractivity contribution in [2.75, 3.05) is 13.2 Å². The monoisotopic (exact) mass is 353 g/mol. The number of nitrogens with two attached hydrogens (primary N) is 1. The molecule has 0 fully saturated rings. The maximum absolute atomic E-state index is 6.16.